The average Bonchev–Trinajstić information content (AvgIpc) is 2.88. The third-order valence-electron chi connectivity index (χ3n) is 4.95. The van der Waals surface area contributed by atoms with Crippen LogP contribution in [0, 0.1) is 11.8 Å². The molecule has 0 aliphatic rings. The Morgan fingerprint density at radius 2 is 1.51 bits per heavy atom. The Morgan fingerprint density at radius 1 is 0.886 bits per heavy atom. The Kier molecular flexibility index (Phi) is 14.1. The number of benzene rings is 1. The van der Waals surface area contributed by atoms with Gasteiger partial charge in [0.25, 0.3) is 0 Å². The summed E-state index contributed by atoms with van der Waals surface area (Å²) in [5.41, 5.74) is 0. The Balaban J connectivity index is 0. The monoisotopic (exact) mass is 486 g/mol. The summed E-state index contributed by atoms with van der Waals surface area (Å²) in [6.07, 6.45) is 4.65. The van der Waals surface area contributed by atoms with Gasteiger partial charge in [0.1, 0.15) is 11.6 Å². The van der Waals surface area contributed by atoms with Gasteiger partial charge in [-0.25, -0.2) is 19.6 Å². The summed E-state index contributed by atoms with van der Waals surface area (Å²) in [5.74, 6) is 2.25. The summed E-state index contributed by atoms with van der Waals surface area (Å²) in [6, 6.07) is 14.9. The van der Waals surface area contributed by atoms with Crippen LogP contribution in [0.25, 0.3) is 10.8 Å². The van der Waals surface area contributed by atoms with E-state index in [1.807, 2.05) is 37.3 Å². The second-order valence-corrected chi connectivity index (χ2v) is 8.29. The smallest absolute Gasteiger partial charge is 0.412 e. The van der Waals surface area contributed by atoms with E-state index in [-0.39, 0.29) is 2.85 Å². The number of rotatable bonds is 6. The highest BCUT2D eigenvalue weighted by Crippen LogP contribution is 2.16. The highest BCUT2D eigenvalue weighted by Gasteiger charge is 2.07. The first-order valence-electron chi connectivity index (χ1n) is 11.8. The molecule has 0 fully saturated rings. The number of carbonyl (C=O) groups excluding carboxylic acids is 2. The number of pyridine rings is 2. The predicted octanol–water partition coefficient (Wildman–Crippen LogP) is 7.63. The fourth-order valence-electron chi connectivity index (χ4n) is 2.22. The van der Waals surface area contributed by atoms with E-state index in [9.17, 15) is 9.59 Å². The zero-order chi connectivity index (χ0) is 26.1. The number of anilines is 2. The van der Waals surface area contributed by atoms with Crippen LogP contribution in [-0.4, -0.2) is 35.9 Å². The lowest BCUT2D eigenvalue weighted by Gasteiger charge is -2.10. The molecular formula is C27H42N4O4. The molecule has 0 aliphatic heterocycles. The highest BCUT2D eigenvalue weighted by molar-refractivity contribution is 5.89. The first kappa shape index (κ1) is 29.4. The number of nitrogens with one attached hydrogen (secondary N) is 2. The van der Waals surface area contributed by atoms with Crippen LogP contribution in [0.4, 0.5) is 21.2 Å². The molecule has 3 aromatic rings. The van der Waals surface area contributed by atoms with Crippen LogP contribution >= 0.6 is 0 Å². The third-order valence-corrected chi connectivity index (χ3v) is 4.95. The van der Waals surface area contributed by atoms with E-state index >= 15 is 0 Å². The Labute approximate surface area is 211 Å². The Hall–Kier alpha value is -3.68. The number of methoxy groups -OCH3 is 1. The fraction of sp³-hybridized carbons (Fsp3) is 0.407. The van der Waals surface area contributed by atoms with Crippen molar-refractivity contribution >= 4 is 34.6 Å². The molecule has 8 heteroatoms. The first-order valence-corrected chi connectivity index (χ1v) is 11.8. The van der Waals surface area contributed by atoms with E-state index in [0.717, 1.165) is 23.1 Å². The van der Waals surface area contributed by atoms with Gasteiger partial charge in [-0.3, -0.25) is 10.6 Å². The standard InChI is InChI=1S/C15H18N2O2.C7H8N2O2.C5H12.2H2/c1-3-11(2)10-19-15(18)17-14-8-12-6-4-5-7-13(12)9-16-14;1-11-7(10)9-6-4-2-3-5-8-6;1-4-5(2)3;;/h4-9,11H,3,10H2,1-2H3,(H,16,17,18);2-5H,1H3,(H,8,9,10);5H,4H2,1-3H3;2*1H/t11-;;;;/m1..../s1. The molecule has 0 saturated heterocycles. The molecule has 3 rings (SSSR count). The van der Waals surface area contributed by atoms with Crippen LogP contribution < -0.4 is 10.6 Å². The number of hydrogen-bond acceptors (Lipinski definition) is 6. The van der Waals surface area contributed by atoms with Crippen molar-refractivity contribution in [3.63, 3.8) is 0 Å². The van der Waals surface area contributed by atoms with E-state index in [1.54, 1.807) is 30.6 Å². The number of ether oxygens (including phenoxy) is 2. The van der Waals surface area contributed by atoms with Crippen molar-refractivity contribution in [2.24, 2.45) is 11.8 Å². The molecule has 0 spiro atoms. The van der Waals surface area contributed by atoms with Gasteiger partial charge >= 0.3 is 12.2 Å². The number of amides is 2. The number of carbonyl (C=O) groups is 2. The molecular weight excluding hydrogens is 444 g/mol. The molecule has 0 radical (unpaired) electrons. The quantitative estimate of drug-likeness (QED) is 0.371. The molecule has 1 atom stereocenters. The van der Waals surface area contributed by atoms with Crippen molar-refractivity contribution < 1.29 is 21.9 Å². The van der Waals surface area contributed by atoms with Crippen molar-refractivity contribution in [3.05, 3.63) is 60.9 Å². The Bertz CT molecular complexity index is 1020. The van der Waals surface area contributed by atoms with Crippen LogP contribution in [0.1, 0.15) is 50.3 Å². The second-order valence-electron chi connectivity index (χ2n) is 8.29. The minimum Gasteiger partial charge on any atom is -0.453 e. The molecule has 35 heavy (non-hydrogen) atoms. The summed E-state index contributed by atoms with van der Waals surface area (Å²) >= 11 is 0. The van der Waals surface area contributed by atoms with Crippen LogP contribution in [-0.2, 0) is 9.47 Å². The zero-order valence-electron chi connectivity index (χ0n) is 21.6. The predicted molar refractivity (Wildman–Crippen MR) is 146 cm³/mol. The van der Waals surface area contributed by atoms with Crippen molar-refractivity contribution in [2.75, 3.05) is 24.4 Å². The normalized spacial score (nSPS) is 10.7. The fourth-order valence-corrected chi connectivity index (χ4v) is 2.22. The van der Waals surface area contributed by atoms with Crippen LogP contribution in [0.15, 0.2) is 60.9 Å². The molecule has 0 aliphatic carbocycles. The summed E-state index contributed by atoms with van der Waals surface area (Å²) in [5, 5.41) is 7.14. The van der Waals surface area contributed by atoms with Gasteiger partial charge in [-0.15, -0.1) is 0 Å². The number of nitrogens with zero attached hydrogens (tertiary/aromatic N) is 2. The molecule has 8 nitrogen and oxygen atoms in total. The maximum atomic E-state index is 11.6. The molecule has 0 bridgehead atoms. The maximum absolute atomic E-state index is 11.6. The molecule has 194 valence electrons. The van der Waals surface area contributed by atoms with Crippen LogP contribution in [0.2, 0.25) is 0 Å². The molecule has 1 aromatic carbocycles. The van der Waals surface area contributed by atoms with E-state index < -0.39 is 12.2 Å². The van der Waals surface area contributed by atoms with Gasteiger partial charge in [-0.05, 0) is 35.4 Å². The molecule has 0 unspecified atom stereocenters. The minimum absolute atomic E-state index is 0. The van der Waals surface area contributed by atoms with Crippen molar-refractivity contribution in [3.8, 4) is 0 Å². The summed E-state index contributed by atoms with van der Waals surface area (Å²) in [6.45, 7) is 11.2. The maximum Gasteiger partial charge on any atom is 0.412 e. The van der Waals surface area contributed by atoms with Crippen molar-refractivity contribution in [1.29, 1.82) is 0 Å². The number of aromatic nitrogens is 2. The van der Waals surface area contributed by atoms with Gasteiger partial charge in [0.15, 0.2) is 0 Å². The van der Waals surface area contributed by atoms with Gasteiger partial charge in [0.2, 0.25) is 0 Å². The van der Waals surface area contributed by atoms with E-state index in [2.05, 4.69) is 53.0 Å². The molecule has 0 saturated carbocycles. The Morgan fingerprint density at radius 3 is 2.09 bits per heavy atom. The van der Waals surface area contributed by atoms with Crippen molar-refractivity contribution in [2.45, 2.75) is 47.5 Å². The summed E-state index contributed by atoms with van der Waals surface area (Å²) < 4.78 is 9.48. The second kappa shape index (κ2) is 16.9. The molecule has 2 N–H and O–H groups in total. The van der Waals surface area contributed by atoms with Gasteiger partial charge < -0.3 is 9.47 Å². The molecule has 2 heterocycles. The first-order chi connectivity index (χ1) is 16.8. The minimum atomic E-state index is -0.510. The molecule has 2 amide bonds. The summed E-state index contributed by atoms with van der Waals surface area (Å²) in [7, 11) is 1.30. The largest absolute Gasteiger partial charge is 0.453 e. The zero-order valence-corrected chi connectivity index (χ0v) is 21.6. The lowest BCUT2D eigenvalue weighted by molar-refractivity contribution is 0.143. The van der Waals surface area contributed by atoms with Crippen LogP contribution in [0.5, 0.6) is 0 Å². The topological polar surface area (TPSA) is 102 Å². The third kappa shape index (κ3) is 13.0. The molecule has 2 aromatic heterocycles. The van der Waals surface area contributed by atoms with E-state index in [4.69, 9.17) is 4.74 Å². The van der Waals surface area contributed by atoms with Gasteiger partial charge in [0.05, 0.1) is 13.7 Å². The van der Waals surface area contributed by atoms with E-state index in [0.29, 0.717) is 24.2 Å². The van der Waals surface area contributed by atoms with Gasteiger partial charge in [-0.2, -0.15) is 0 Å². The number of hydrogen-bond donors (Lipinski definition) is 2. The summed E-state index contributed by atoms with van der Waals surface area (Å²) in [4.78, 5) is 30.2. The van der Waals surface area contributed by atoms with Gasteiger partial charge in [-0.1, -0.05) is 77.8 Å². The lowest BCUT2D eigenvalue weighted by atomic mass is 10.1. The van der Waals surface area contributed by atoms with E-state index in [1.165, 1.54) is 13.5 Å². The average molecular weight is 487 g/mol. The van der Waals surface area contributed by atoms with Crippen molar-refractivity contribution in [1.82, 2.24) is 9.97 Å². The van der Waals surface area contributed by atoms with Crippen LogP contribution in [0.3, 0.4) is 0 Å². The SMILES string of the molecule is CCC(C)C.CC[C@@H](C)COC(=O)Nc1cc2ccccc2cn1.COC(=O)Nc1ccccn1.[HH].[HH]. The van der Waals surface area contributed by atoms with Gasteiger partial charge in [0, 0.05) is 20.6 Å². The number of fused-ring (bicyclic) bond motifs is 1. The lowest BCUT2D eigenvalue weighted by Crippen LogP contribution is -2.17. The highest BCUT2D eigenvalue weighted by atomic mass is 16.5.